The minimum Gasteiger partial charge on any atom is -0.494 e. The molecule has 0 saturated heterocycles. The van der Waals surface area contributed by atoms with E-state index >= 15 is 0 Å². The quantitative estimate of drug-likeness (QED) is 0.401. The van der Waals surface area contributed by atoms with Crippen molar-refractivity contribution in [2.75, 3.05) is 11.9 Å². The molecule has 1 atom stereocenters. The van der Waals surface area contributed by atoms with Gasteiger partial charge in [0.05, 0.1) is 11.5 Å². The minimum atomic E-state index is -1.09. The van der Waals surface area contributed by atoms with Gasteiger partial charge in [-0.15, -0.1) is 0 Å². The molecule has 0 aliphatic heterocycles. The summed E-state index contributed by atoms with van der Waals surface area (Å²) in [6.45, 7) is 3.81. The molecule has 1 N–H and O–H groups in total. The van der Waals surface area contributed by atoms with Crippen LogP contribution < -0.4 is 10.1 Å². The number of anilines is 1. The van der Waals surface area contributed by atoms with Crippen LogP contribution in [0.2, 0.25) is 0 Å². The number of carbonyl (C=O) groups excluding carboxylic acids is 2. The van der Waals surface area contributed by atoms with Crippen molar-refractivity contribution in [3.63, 3.8) is 0 Å². The molecule has 8 nitrogen and oxygen atoms in total. The molecule has 8 heteroatoms. The molecule has 2 aromatic carbocycles. The number of hydrogen-bond donors (Lipinski definition) is 1. The number of ether oxygens (including phenoxy) is 2. The Morgan fingerprint density at radius 3 is 2.54 bits per heavy atom. The molecule has 0 aliphatic carbocycles. The third-order valence-corrected chi connectivity index (χ3v) is 3.91. The first-order chi connectivity index (χ1) is 13.4. The van der Waals surface area contributed by atoms with Crippen molar-refractivity contribution in [1.29, 1.82) is 0 Å². The summed E-state index contributed by atoms with van der Waals surface area (Å²) in [5.74, 6) is -0.478. The topological polar surface area (TPSA) is 108 Å². The highest BCUT2D eigenvalue weighted by Gasteiger charge is 2.21. The molecule has 2 aromatic rings. The number of amides is 1. The average molecular weight is 386 g/mol. The number of nitro groups is 1. The van der Waals surface area contributed by atoms with Crippen LogP contribution in [0, 0.1) is 10.1 Å². The summed E-state index contributed by atoms with van der Waals surface area (Å²) < 4.78 is 10.7. The maximum atomic E-state index is 12.2. The van der Waals surface area contributed by atoms with Crippen LogP contribution in [0.1, 0.15) is 25.8 Å². The van der Waals surface area contributed by atoms with Crippen molar-refractivity contribution in [2.45, 2.75) is 32.8 Å². The SMILES string of the molecule is CCOc1ccccc1CCC(=O)O[C@H](C)C(=O)Nc1ccccc1[N+](=O)[O-]. The summed E-state index contributed by atoms with van der Waals surface area (Å²) in [5.41, 5.74) is 0.686. The van der Waals surface area contributed by atoms with Crippen molar-refractivity contribution < 1.29 is 24.0 Å². The van der Waals surface area contributed by atoms with Gasteiger partial charge in [0, 0.05) is 12.5 Å². The van der Waals surface area contributed by atoms with E-state index in [2.05, 4.69) is 5.32 Å². The fourth-order valence-corrected chi connectivity index (χ4v) is 2.53. The maximum absolute atomic E-state index is 12.2. The average Bonchev–Trinajstić information content (AvgIpc) is 2.67. The van der Waals surface area contributed by atoms with Crippen molar-refractivity contribution >= 4 is 23.3 Å². The molecule has 0 bridgehead atoms. The maximum Gasteiger partial charge on any atom is 0.306 e. The second-order valence-corrected chi connectivity index (χ2v) is 5.94. The number of rotatable bonds is 9. The lowest BCUT2D eigenvalue weighted by Crippen LogP contribution is -2.30. The van der Waals surface area contributed by atoms with Crippen LogP contribution in [-0.4, -0.2) is 29.5 Å². The van der Waals surface area contributed by atoms with Gasteiger partial charge >= 0.3 is 5.97 Å². The smallest absolute Gasteiger partial charge is 0.306 e. The van der Waals surface area contributed by atoms with Crippen LogP contribution in [0.5, 0.6) is 5.75 Å². The zero-order valence-corrected chi connectivity index (χ0v) is 15.7. The molecular weight excluding hydrogens is 364 g/mol. The normalized spacial score (nSPS) is 11.4. The highest BCUT2D eigenvalue weighted by Crippen LogP contribution is 2.23. The molecule has 0 fully saturated rings. The molecule has 0 radical (unpaired) electrons. The Hall–Kier alpha value is -3.42. The van der Waals surface area contributed by atoms with Crippen LogP contribution in [0.25, 0.3) is 0 Å². The van der Waals surface area contributed by atoms with Crippen LogP contribution in [0.4, 0.5) is 11.4 Å². The summed E-state index contributed by atoms with van der Waals surface area (Å²) >= 11 is 0. The van der Waals surface area contributed by atoms with E-state index in [1.54, 1.807) is 6.07 Å². The third-order valence-electron chi connectivity index (χ3n) is 3.91. The third kappa shape index (κ3) is 5.80. The van der Waals surface area contributed by atoms with Crippen molar-refractivity contribution in [1.82, 2.24) is 0 Å². The van der Waals surface area contributed by atoms with Gasteiger partial charge in [0.15, 0.2) is 6.10 Å². The van der Waals surface area contributed by atoms with Gasteiger partial charge in [-0.05, 0) is 38.0 Å². The number of benzene rings is 2. The Labute approximate surface area is 162 Å². The molecular formula is C20H22N2O6. The van der Waals surface area contributed by atoms with Gasteiger partial charge in [-0.2, -0.15) is 0 Å². The molecule has 0 saturated carbocycles. The van der Waals surface area contributed by atoms with Gasteiger partial charge in [-0.25, -0.2) is 0 Å². The summed E-state index contributed by atoms with van der Waals surface area (Å²) in [6, 6.07) is 13.1. The summed E-state index contributed by atoms with van der Waals surface area (Å²) in [7, 11) is 0. The molecule has 148 valence electrons. The number of aryl methyl sites for hydroxylation is 1. The minimum absolute atomic E-state index is 0.0473. The molecule has 0 heterocycles. The molecule has 0 spiro atoms. The summed E-state index contributed by atoms with van der Waals surface area (Å²) in [5, 5.41) is 13.4. The number of para-hydroxylation sites is 3. The second kappa shape index (κ2) is 10.1. The van der Waals surface area contributed by atoms with E-state index in [9.17, 15) is 19.7 Å². The highest BCUT2D eigenvalue weighted by molar-refractivity contribution is 5.96. The van der Waals surface area contributed by atoms with E-state index in [1.165, 1.54) is 25.1 Å². The second-order valence-electron chi connectivity index (χ2n) is 5.94. The molecule has 0 unspecified atom stereocenters. The Morgan fingerprint density at radius 2 is 1.82 bits per heavy atom. The van der Waals surface area contributed by atoms with E-state index in [-0.39, 0.29) is 17.8 Å². The Morgan fingerprint density at radius 1 is 1.14 bits per heavy atom. The van der Waals surface area contributed by atoms with Crippen molar-refractivity contribution in [3.8, 4) is 5.75 Å². The molecule has 0 aromatic heterocycles. The van der Waals surface area contributed by atoms with E-state index < -0.39 is 22.9 Å². The Kier molecular flexibility index (Phi) is 7.50. The van der Waals surface area contributed by atoms with Crippen LogP contribution in [0.15, 0.2) is 48.5 Å². The Bertz CT molecular complexity index is 852. The van der Waals surface area contributed by atoms with Gasteiger partial charge < -0.3 is 14.8 Å². The Balaban J connectivity index is 1.90. The number of nitrogens with one attached hydrogen (secondary N) is 1. The zero-order valence-electron chi connectivity index (χ0n) is 15.7. The molecule has 1 amide bonds. The first-order valence-electron chi connectivity index (χ1n) is 8.86. The fraction of sp³-hybridized carbons (Fsp3) is 0.300. The van der Waals surface area contributed by atoms with Gasteiger partial charge in [-0.1, -0.05) is 30.3 Å². The number of hydrogen-bond acceptors (Lipinski definition) is 6. The number of nitro benzene ring substituents is 1. The first-order valence-corrected chi connectivity index (χ1v) is 8.86. The van der Waals surface area contributed by atoms with Crippen LogP contribution >= 0.6 is 0 Å². The van der Waals surface area contributed by atoms with E-state index in [4.69, 9.17) is 9.47 Å². The van der Waals surface area contributed by atoms with E-state index in [0.29, 0.717) is 18.8 Å². The summed E-state index contributed by atoms with van der Waals surface area (Å²) in [4.78, 5) is 34.7. The molecule has 2 rings (SSSR count). The molecule has 0 aliphatic rings. The highest BCUT2D eigenvalue weighted by atomic mass is 16.6. The van der Waals surface area contributed by atoms with Gasteiger partial charge in [0.1, 0.15) is 11.4 Å². The monoisotopic (exact) mass is 386 g/mol. The van der Waals surface area contributed by atoms with Crippen molar-refractivity contribution in [2.24, 2.45) is 0 Å². The standard InChI is InChI=1S/C20H22N2O6/c1-3-27-18-11-7-4-8-15(18)12-13-19(23)28-14(2)20(24)21-16-9-5-6-10-17(16)22(25)26/h4-11,14H,3,12-13H2,1-2H3,(H,21,24)/t14-/m1/s1. The van der Waals surface area contributed by atoms with Crippen LogP contribution in [0.3, 0.4) is 0 Å². The zero-order chi connectivity index (χ0) is 20.5. The number of esters is 1. The predicted molar refractivity (Wildman–Crippen MR) is 103 cm³/mol. The van der Waals surface area contributed by atoms with Crippen LogP contribution in [-0.2, 0) is 20.7 Å². The predicted octanol–water partition coefficient (Wildman–Crippen LogP) is 3.50. The van der Waals surface area contributed by atoms with Gasteiger partial charge in [-0.3, -0.25) is 19.7 Å². The largest absolute Gasteiger partial charge is 0.494 e. The number of nitrogens with zero attached hydrogens (tertiary/aromatic N) is 1. The van der Waals surface area contributed by atoms with Gasteiger partial charge in [0.2, 0.25) is 0 Å². The lowest BCUT2D eigenvalue weighted by Gasteiger charge is -2.14. The van der Waals surface area contributed by atoms with E-state index in [1.807, 2.05) is 31.2 Å². The lowest BCUT2D eigenvalue weighted by atomic mass is 10.1. The molecule has 28 heavy (non-hydrogen) atoms. The van der Waals surface area contributed by atoms with E-state index in [0.717, 1.165) is 5.56 Å². The lowest BCUT2D eigenvalue weighted by molar-refractivity contribution is -0.383. The summed E-state index contributed by atoms with van der Waals surface area (Å²) in [6.07, 6.45) is -0.602. The van der Waals surface area contributed by atoms with Crippen molar-refractivity contribution in [3.05, 3.63) is 64.2 Å². The first kappa shape index (κ1) is 20.9. The number of carbonyl (C=O) groups is 2. The fourth-order valence-electron chi connectivity index (χ4n) is 2.53. The van der Waals surface area contributed by atoms with Gasteiger partial charge in [0.25, 0.3) is 11.6 Å².